The van der Waals surface area contributed by atoms with Crippen molar-refractivity contribution in [2.45, 2.75) is 174 Å². The minimum Gasteiger partial charge on any atom is -0.756 e. The highest BCUT2D eigenvalue weighted by Gasteiger charge is 2.20. The fraction of sp³-hybridized carbons (Fsp3) is 0.729. The number of esters is 1. The van der Waals surface area contributed by atoms with Crippen molar-refractivity contribution in [2.24, 2.45) is 0 Å². The summed E-state index contributed by atoms with van der Waals surface area (Å²) in [5.74, 6) is -0.393. The standard InChI is InChI=1S/C48H86NO7P/c1-6-8-10-12-14-16-18-20-22-24-26-28-30-32-34-36-38-40-43-53-45-47(46-55-57(51,52)54-44-42-49(3,4)5)56-48(50)41-39-37-35-33-31-29-27-25-23-21-19-17-15-13-11-9-7-2/h9,11,15,17,20-23,27,29,33,35,47H,6-8,10,12-14,16,18-19,24-26,28,30-32,34,36-46H2,1-5H3/b11-9-,17-15-,22-20-,23-21-,29-27-,35-33-. The van der Waals surface area contributed by atoms with E-state index in [9.17, 15) is 14.3 Å². The molecule has 0 saturated heterocycles. The van der Waals surface area contributed by atoms with Gasteiger partial charge in [-0.3, -0.25) is 9.36 Å². The molecule has 0 aromatic carbocycles. The summed E-state index contributed by atoms with van der Waals surface area (Å²) >= 11 is 0. The zero-order valence-electron chi connectivity index (χ0n) is 37.3. The van der Waals surface area contributed by atoms with Crippen LogP contribution in [0.5, 0.6) is 0 Å². The highest BCUT2D eigenvalue weighted by Crippen LogP contribution is 2.38. The van der Waals surface area contributed by atoms with E-state index in [4.69, 9.17) is 18.5 Å². The van der Waals surface area contributed by atoms with Crippen molar-refractivity contribution in [1.82, 2.24) is 0 Å². The van der Waals surface area contributed by atoms with Gasteiger partial charge in [-0.2, -0.15) is 0 Å². The average molecular weight is 820 g/mol. The molecule has 2 atom stereocenters. The topological polar surface area (TPSA) is 94.1 Å². The molecule has 330 valence electrons. The van der Waals surface area contributed by atoms with Crippen LogP contribution in [0.3, 0.4) is 0 Å². The summed E-state index contributed by atoms with van der Waals surface area (Å²) < 4.78 is 34.5. The number of phosphoric acid groups is 1. The van der Waals surface area contributed by atoms with Crippen molar-refractivity contribution in [3.8, 4) is 0 Å². The van der Waals surface area contributed by atoms with Crippen molar-refractivity contribution < 1.29 is 37.3 Å². The van der Waals surface area contributed by atoms with Gasteiger partial charge in [-0.05, 0) is 77.0 Å². The van der Waals surface area contributed by atoms with E-state index >= 15 is 0 Å². The highest BCUT2D eigenvalue weighted by atomic mass is 31.2. The minimum absolute atomic E-state index is 0.0116. The number of phosphoric ester groups is 1. The zero-order chi connectivity index (χ0) is 42.0. The maximum atomic E-state index is 12.7. The van der Waals surface area contributed by atoms with Gasteiger partial charge in [0.1, 0.15) is 19.3 Å². The molecule has 0 aromatic rings. The first-order valence-electron chi connectivity index (χ1n) is 22.7. The Kier molecular flexibility index (Phi) is 39.2. The number of unbranched alkanes of at least 4 members (excludes halogenated alkanes) is 15. The third-order valence-electron chi connectivity index (χ3n) is 9.24. The molecule has 57 heavy (non-hydrogen) atoms. The molecule has 0 bridgehead atoms. The lowest BCUT2D eigenvalue weighted by atomic mass is 10.1. The molecule has 8 nitrogen and oxygen atoms in total. The number of carbonyl (C=O) groups is 1. The number of likely N-dealkylation sites (N-methyl/N-ethyl adjacent to an activating group) is 1. The molecular formula is C48H86NO7P. The van der Waals surface area contributed by atoms with Crippen LogP contribution in [0.2, 0.25) is 0 Å². The molecular weight excluding hydrogens is 734 g/mol. The zero-order valence-corrected chi connectivity index (χ0v) is 38.2. The molecule has 0 heterocycles. The number of carbonyl (C=O) groups excluding carboxylic acids is 1. The lowest BCUT2D eigenvalue weighted by molar-refractivity contribution is -0.870. The highest BCUT2D eigenvalue weighted by molar-refractivity contribution is 7.45. The third-order valence-corrected chi connectivity index (χ3v) is 10.2. The molecule has 0 aliphatic carbocycles. The van der Waals surface area contributed by atoms with Gasteiger partial charge in [0.25, 0.3) is 7.82 Å². The Balaban J connectivity index is 4.33. The Labute approximate surface area is 351 Å². The van der Waals surface area contributed by atoms with Gasteiger partial charge in [-0.1, -0.05) is 157 Å². The van der Waals surface area contributed by atoms with Gasteiger partial charge in [0.15, 0.2) is 0 Å². The van der Waals surface area contributed by atoms with E-state index in [0.717, 1.165) is 51.4 Å². The second-order valence-electron chi connectivity index (χ2n) is 16.0. The lowest BCUT2D eigenvalue weighted by Gasteiger charge is -2.28. The Hall–Kier alpha value is -2.06. The molecule has 0 N–H and O–H groups in total. The molecule has 0 spiro atoms. The molecule has 0 radical (unpaired) electrons. The Morgan fingerprint density at radius 1 is 0.561 bits per heavy atom. The summed E-state index contributed by atoms with van der Waals surface area (Å²) in [6, 6.07) is 0. The van der Waals surface area contributed by atoms with Gasteiger partial charge in [-0.25, -0.2) is 0 Å². The predicted octanol–water partition coefficient (Wildman–Crippen LogP) is 12.9. The Morgan fingerprint density at radius 3 is 1.54 bits per heavy atom. The van der Waals surface area contributed by atoms with Gasteiger partial charge in [0.05, 0.1) is 34.4 Å². The summed E-state index contributed by atoms with van der Waals surface area (Å²) in [6.45, 7) is 5.20. The molecule has 0 aliphatic heterocycles. The number of ether oxygens (including phenoxy) is 2. The van der Waals surface area contributed by atoms with E-state index in [1.165, 1.54) is 89.9 Å². The third kappa shape index (κ3) is 44.9. The average Bonchev–Trinajstić information content (AvgIpc) is 3.16. The van der Waals surface area contributed by atoms with E-state index < -0.39 is 19.9 Å². The maximum absolute atomic E-state index is 12.7. The van der Waals surface area contributed by atoms with E-state index in [2.05, 4.69) is 86.8 Å². The van der Waals surface area contributed by atoms with Crippen LogP contribution in [0.4, 0.5) is 0 Å². The fourth-order valence-corrected chi connectivity index (χ4v) is 6.48. The molecule has 0 saturated carbocycles. The SMILES string of the molecule is CC/C=C\C/C=C\C/C=C\C/C=C\C/C=C\CCCC(=O)OC(COCCCCCCCCCC/C=C\CCCCCCCC)COP(=O)([O-])OCC[N+](C)(C)C. The van der Waals surface area contributed by atoms with Crippen molar-refractivity contribution in [3.63, 3.8) is 0 Å². The molecule has 0 amide bonds. The molecule has 0 fully saturated rings. The first-order valence-corrected chi connectivity index (χ1v) is 24.1. The Morgan fingerprint density at radius 2 is 1.02 bits per heavy atom. The largest absolute Gasteiger partial charge is 0.756 e. The van der Waals surface area contributed by atoms with Gasteiger partial charge in [0.2, 0.25) is 0 Å². The second-order valence-corrected chi connectivity index (χ2v) is 17.4. The summed E-state index contributed by atoms with van der Waals surface area (Å²) in [6.07, 6.45) is 52.1. The van der Waals surface area contributed by atoms with Crippen LogP contribution in [0.25, 0.3) is 0 Å². The quantitative estimate of drug-likeness (QED) is 0.0199. The van der Waals surface area contributed by atoms with Crippen LogP contribution < -0.4 is 4.89 Å². The Bertz CT molecular complexity index is 1140. The molecule has 0 rings (SSSR count). The fourth-order valence-electron chi connectivity index (χ4n) is 5.75. The van der Waals surface area contributed by atoms with Crippen LogP contribution in [-0.2, 0) is 27.9 Å². The summed E-state index contributed by atoms with van der Waals surface area (Å²) in [5.41, 5.74) is 0. The number of allylic oxidation sites excluding steroid dienone is 12. The summed E-state index contributed by atoms with van der Waals surface area (Å²) in [7, 11) is 1.31. The van der Waals surface area contributed by atoms with Crippen LogP contribution in [0.1, 0.15) is 168 Å². The normalized spacial score (nSPS) is 14.4. The number of nitrogens with zero attached hydrogens (tertiary/aromatic N) is 1. The lowest BCUT2D eigenvalue weighted by Crippen LogP contribution is -2.37. The van der Waals surface area contributed by atoms with Gasteiger partial charge in [-0.15, -0.1) is 0 Å². The number of hydrogen-bond acceptors (Lipinski definition) is 7. The molecule has 2 unspecified atom stereocenters. The van der Waals surface area contributed by atoms with E-state index in [1.807, 2.05) is 21.1 Å². The van der Waals surface area contributed by atoms with Crippen molar-refractivity contribution in [2.75, 3.05) is 54.1 Å². The van der Waals surface area contributed by atoms with Crippen LogP contribution >= 0.6 is 7.82 Å². The van der Waals surface area contributed by atoms with Crippen LogP contribution in [0, 0.1) is 0 Å². The van der Waals surface area contributed by atoms with Crippen molar-refractivity contribution >= 4 is 13.8 Å². The van der Waals surface area contributed by atoms with Crippen LogP contribution in [-0.4, -0.2) is 70.7 Å². The first-order chi connectivity index (χ1) is 27.6. The number of rotatable bonds is 41. The predicted molar refractivity (Wildman–Crippen MR) is 240 cm³/mol. The van der Waals surface area contributed by atoms with E-state index in [0.29, 0.717) is 24.1 Å². The van der Waals surface area contributed by atoms with E-state index in [-0.39, 0.29) is 26.2 Å². The smallest absolute Gasteiger partial charge is 0.306 e. The minimum atomic E-state index is -4.55. The summed E-state index contributed by atoms with van der Waals surface area (Å²) in [4.78, 5) is 25.0. The maximum Gasteiger partial charge on any atom is 0.306 e. The number of hydrogen-bond donors (Lipinski definition) is 0. The van der Waals surface area contributed by atoms with Gasteiger partial charge < -0.3 is 27.9 Å². The van der Waals surface area contributed by atoms with Crippen LogP contribution in [0.15, 0.2) is 72.9 Å². The number of quaternary nitrogens is 1. The molecule has 0 aromatic heterocycles. The first kappa shape index (κ1) is 54.9. The molecule has 9 heteroatoms. The monoisotopic (exact) mass is 820 g/mol. The van der Waals surface area contributed by atoms with E-state index in [1.54, 1.807) is 0 Å². The summed E-state index contributed by atoms with van der Waals surface area (Å²) in [5, 5.41) is 0. The van der Waals surface area contributed by atoms with Crippen molar-refractivity contribution in [1.29, 1.82) is 0 Å². The molecule has 0 aliphatic rings. The van der Waals surface area contributed by atoms with Gasteiger partial charge in [0, 0.05) is 13.0 Å². The van der Waals surface area contributed by atoms with Gasteiger partial charge >= 0.3 is 5.97 Å². The second kappa shape index (κ2) is 40.7. The van der Waals surface area contributed by atoms with Crippen molar-refractivity contribution in [3.05, 3.63) is 72.9 Å².